The van der Waals surface area contributed by atoms with Crippen LogP contribution in [0, 0.1) is 6.92 Å². The monoisotopic (exact) mass is 315 g/mol. The summed E-state index contributed by atoms with van der Waals surface area (Å²) in [6.07, 6.45) is 1.44. The largest absolute Gasteiger partial charge is 0.546 e. The average molecular weight is 315 g/mol. The molecular formula is C16H15N2O5-. The maximum absolute atomic E-state index is 11.9. The number of carboxylic acids is 1. The number of benzene rings is 1. The van der Waals surface area contributed by atoms with Crippen LogP contribution in [0.15, 0.2) is 46.1 Å². The lowest BCUT2D eigenvalue weighted by Gasteiger charge is -2.07. The molecule has 0 aliphatic heterocycles. The number of aliphatic carboxylic acids is 1. The van der Waals surface area contributed by atoms with Gasteiger partial charge in [0, 0.05) is 0 Å². The van der Waals surface area contributed by atoms with E-state index in [-0.39, 0.29) is 5.91 Å². The van der Waals surface area contributed by atoms with Gasteiger partial charge in [-0.25, -0.2) is 5.43 Å². The van der Waals surface area contributed by atoms with Gasteiger partial charge in [-0.15, -0.1) is 0 Å². The van der Waals surface area contributed by atoms with Crippen molar-refractivity contribution < 1.29 is 23.8 Å². The topological polar surface area (TPSA) is 104 Å². The first-order chi connectivity index (χ1) is 11.0. The Bertz CT molecular complexity index is 731. The maximum Gasteiger partial charge on any atom is 0.274 e. The molecule has 120 valence electrons. The average Bonchev–Trinajstić information content (AvgIpc) is 2.97. The number of rotatable bonds is 6. The molecule has 1 N–H and O–H groups in total. The molecule has 0 saturated carbocycles. The molecule has 0 radical (unpaired) electrons. The van der Waals surface area contributed by atoms with Crippen molar-refractivity contribution in [3.05, 3.63) is 53.5 Å². The quantitative estimate of drug-likeness (QED) is 0.629. The molecule has 1 aromatic carbocycles. The first-order valence-electron chi connectivity index (χ1n) is 6.79. The summed E-state index contributed by atoms with van der Waals surface area (Å²) < 4.78 is 10.0. The Labute approximate surface area is 132 Å². The molecule has 0 fully saturated rings. The molecule has 0 bridgehead atoms. The number of carbonyl (C=O) groups excluding carboxylic acids is 2. The summed E-state index contributed by atoms with van der Waals surface area (Å²) >= 11 is 0. The van der Waals surface area contributed by atoms with E-state index in [1.807, 2.05) is 0 Å². The summed E-state index contributed by atoms with van der Waals surface area (Å²) in [7, 11) is 0. The molecule has 2 rings (SSSR count). The fraction of sp³-hybridized carbons (Fsp3) is 0.188. The van der Waals surface area contributed by atoms with Crippen molar-refractivity contribution >= 4 is 17.6 Å². The summed E-state index contributed by atoms with van der Waals surface area (Å²) in [4.78, 5) is 22.2. The van der Waals surface area contributed by atoms with Gasteiger partial charge in [-0.2, -0.15) is 5.10 Å². The van der Waals surface area contributed by atoms with Gasteiger partial charge in [-0.3, -0.25) is 4.79 Å². The molecule has 7 nitrogen and oxygen atoms in total. The molecule has 0 atom stereocenters. The van der Waals surface area contributed by atoms with Crippen molar-refractivity contribution in [2.75, 3.05) is 6.61 Å². The number of amides is 1. The van der Waals surface area contributed by atoms with Gasteiger partial charge in [-0.05, 0) is 49.7 Å². The number of ether oxygens (including phenoxy) is 1. The highest BCUT2D eigenvalue weighted by Crippen LogP contribution is 2.13. The van der Waals surface area contributed by atoms with Crippen molar-refractivity contribution in [2.24, 2.45) is 5.10 Å². The molecule has 0 saturated heterocycles. The number of nitrogens with zero attached hydrogens (tertiary/aromatic N) is 1. The van der Waals surface area contributed by atoms with E-state index >= 15 is 0 Å². The molecule has 1 amide bonds. The second-order valence-corrected chi connectivity index (χ2v) is 4.71. The molecule has 7 heteroatoms. The second-order valence-electron chi connectivity index (χ2n) is 4.71. The first-order valence-corrected chi connectivity index (χ1v) is 6.79. The van der Waals surface area contributed by atoms with Gasteiger partial charge in [0.1, 0.15) is 18.1 Å². The fourth-order valence-corrected chi connectivity index (χ4v) is 1.81. The Kier molecular flexibility index (Phi) is 5.14. The lowest BCUT2D eigenvalue weighted by atomic mass is 10.1. The van der Waals surface area contributed by atoms with E-state index in [0.717, 1.165) is 5.56 Å². The Hall–Kier alpha value is -3.09. The van der Waals surface area contributed by atoms with Crippen LogP contribution in [0.4, 0.5) is 0 Å². The molecule has 1 aromatic heterocycles. The predicted octanol–water partition coefficient (Wildman–Crippen LogP) is 0.871. The van der Waals surface area contributed by atoms with Crippen LogP contribution in [0.25, 0.3) is 0 Å². The summed E-state index contributed by atoms with van der Waals surface area (Å²) in [6, 6.07) is 8.20. The van der Waals surface area contributed by atoms with E-state index in [9.17, 15) is 14.7 Å². The third-order valence-electron chi connectivity index (χ3n) is 3.06. The molecule has 0 aliphatic carbocycles. The summed E-state index contributed by atoms with van der Waals surface area (Å²) in [6.45, 7) is 2.92. The number of hydrogen-bond acceptors (Lipinski definition) is 6. The van der Waals surface area contributed by atoms with Gasteiger partial charge < -0.3 is 19.1 Å². The first kappa shape index (κ1) is 16.3. The zero-order valence-corrected chi connectivity index (χ0v) is 12.7. The zero-order chi connectivity index (χ0) is 16.8. The number of carboxylic acid groups (broad SMARTS) is 1. The van der Waals surface area contributed by atoms with Crippen molar-refractivity contribution in [1.82, 2.24) is 5.43 Å². The normalized spacial score (nSPS) is 11.1. The molecular weight excluding hydrogens is 300 g/mol. The lowest BCUT2D eigenvalue weighted by molar-refractivity contribution is -0.307. The number of hydrogen-bond donors (Lipinski definition) is 1. The van der Waals surface area contributed by atoms with Gasteiger partial charge in [0.2, 0.25) is 0 Å². The van der Waals surface area contributed by atoms with Gasteiger partial charge in [0.15, 0.2) is 0 Å². The lowest BCUT2D eigenvalue weighted by Crippen LogP contribution is -2.28. The van der Waals surface area contributed by atoms with Crippen LogP contribution in [-0.2, 0) is 4.79 Å². The minimum absolute atomic E-state index is 0.357. The number of hydrazone groups is 1. The summed E-state index contributed by atoms with van der Waals surface area (Å²) in [5.74, 6) is -0.720. The SMILES string of the molecule is C/C(=N/NC(=O)c1ccoc1C)c1ccc(OCC(=O)[O-])cc1. The van der Waals surface area contributed by atoms with Gasteiger partial charge in [0.25, 0.3) is 5.91 Å². The third kappa shape index (κ3) is 4.44. The second kappa shape index (κ2) is 7.26. The highest BCUT2D eigenvalue weighted by Gasteiger charge is 2.10. The van der Waals surface area contributed by atoms with Crippen molar-refractivity contribution in [3.8, 4) is 5.75 Å². The Balaban J connectivity index is 1.99. The number of aryl methyl sites for hydroxylation is 1. The number of carbonyl (C=O) groups is 2. The highest BCUT2D eigenvalue weighted by molar-refractivity contribution is 6.01. The van der Waals surface area contributed by atoms with Gasteiger partial charge in [0.05, 0.1) is 23.5 Å². The van der Waals surface area contributed by atoms with E-state index in [0.29, 0.717) is 22.8 Å². The van der Waals surface area contributed by atoms with Crippen molar-refractivity contribution in [3.63, 3.8) is 0 Å². The Morgan fingerprint density at radius 1 is 1.26 bits per heavy atom. The third-order valence-corrected chi connectivity index (χ3v) is 3.06. The smallest absolute Gasteiger partial charge is 0.274 e. The maximum atomic E-state index is 11.9. The van der Waals surface area contributed by atoms with Gasteiger partial charge >= 0.3 is 0 Å². The van der Waals surface area contributed by atoms with Crippen molar-refractivity contribution in [1.29, 1.82) is 0 Å². The highest BCUT2D eigenvalue weighted by atomic mass is 16.5. The van der Waals surface area contributed by atoms with Gasteiger partial charge in [-0.1, -0.05) is 0 Å². The van der Waals surface area contributed by atoms with E-state index in [2.05, 4.69) is 10.5 Å². The predicted molar refractivity (Wildman–Crippen MR) is 80.1 cm³/mol. The standard InChI is InChI=1S/C16H16N2O5/c1-10(17-18-16(21)14-7-8-22-11(14)2)12-3-5-13(6-4-12)23-9-15(19)20/h3-8H,9H2,1-2H3,(H,18,21)(H,19,20)/p-1/b17-10-. The Morgan fingerprint density at radius 2 is 1.96 bits per heavy atom. The zero-order valence-electron chi connectivity index (χ0n) is 12.7. The summed E-state index contributed by atoms with van der Waals surface area (Å²) in [5, 5.41) is 14.3. The van der Waals surface area contributed by atoms with E-state index in [1.54, 1.807) is 44.2 Å². The number of furan rings is 1. The molecule has 0 spiro atoms. The molecule has 2 aromatic rings. The summed E-state index contributed by atoms with van der Waals surface area (Å²) in [5.41, 5.74) is 4.22. The molecule has 23 heavy (non-hydrogen) atoms. The molecule has 1 heterocycles. The van der Waals surface area contributed by atoms with Crippen LogP contribution < -0.4 is 15.3 Å². The van der Waals surface area contributed by atoms with E-state index < -0.39 is 12.6 Å². The molecule has 0 unspecified atom stereocenters. The minimum Gasteiger partial charge on any atom is -0.546 e. The van der Waals surface area contributed by atoms with Crippen LogP contribution in [0.3, 0.4) is 0 Å². The van der Waals surface area contributed by atoms with Crippen molar-refractivity contribution in [2.45, 2.75) is 13.8 Å². The van der Waals surface area contributed by atoms with Crippen LogP contribution in [0.5, 0.6) is 5.75 Å². The molecule has 0 aliphatic rings. The Morgan fingerprint density at radius 3 is 2.52 bits per heavy atom. The number of nitrogens with one attached hydrogen (secondary N) is 1. The van der Waals surface area contributed by atoms with Crippen LogP contribution >= 0.6 is 0 Å². The van der Waals surface area contributed by atoms with E-state index in [4.69, 9.17) is 9.15 Å². The minimum atomic E-state index is -1.29. The van der Waals surface area contributed by atoms with Crippen LogP contribution in [0.1, 0.15) is 28.6 Å². The van der Waals surface area contributed by atoms with Crippen LogP contribution in [0.2, 0.25) is 0 Å². The fourth-order valence-electron chi connectivity index (χ4n) is 1.81. The van der Waals surface area contributed by atoms with Crippen LogP contribution in [-0.4, -0.2) is 24.2 Å². The van der Waals surface area contributed by atoms with E-state index in [1.165, 1.54) is 6.26 Å².